The zero-order chi connectivity index (χ0) is 13.8. The van der Waals surface area contributed by atoms with E-state index in [1.807, 2.05) is 30.0 Å². The molecule has 1 saturated heterocycles. The van der Waals surface area contributed by atoms with Gasteiger partial charge >= 0.3 is 0 Å². The van der Waals surface area contributed by atoms with Crippen molar-refractivity contribution in [3.8, 4) is 0 Å². The number of carbonyl (C=O) groups excluding carboxylic acids is 1. The highest BCUT2D eigenvalue weighted by atomic mass is 16.2. The van der Waals surface area contributed by atoms with Gasteiger partial charge in [0.05, 0.1) is 0 Å². The van der Waals surface area contributed by atoms with E-state index in [-0.39, 0.29) is 11.4 Å². The molecule has 1 rings (SSSR count). The molecule has 0 unspecified atom stereocenters. The normalized spacial score (nSPS) is 18.9. The fraction of sp³-hybridized carbons (Fsp3) is 0.786. The fourth-order valence-corrected chi connectivity index (χ4v) is 2.07. The van der Waals surface area contributed by atoms with Gasteiger partial charge in [0.2, 0.25) is 5.91 Å². The molecule has 0 aliphatic carbocycles. The van der Waals surface area contributed by atoms with Gasteiger partial charge in [0, 0.05) is 44.3 Å². The molecule has 0 aromatic heterocycles. The summed E-state index contributed by atoms with van der Waals surface area (Å²) in [6.45, 7) is 11.1. The van der Waals surface area contributed by atoms with Gasteiger partial charge < -0.3 is 9.80 Å². The Hall–Kier alpha value is -0.870. The van der Waals surface area contributed by atoms with Gasteiger partial charge in [0.15, 0.2) is 0 Å². The number of carbonyl (C=O) groups is 1. The van der Waals surface area contributed by atoms with Crippen LogP contribution in [0.25, 0.3) is 0 Å². The predicted octanol–water partition coefficient (Wildman–Crippen LogP) is 1.05. The molecule has 0 spiro atoms. The third-order valence-electron chi connectivity index (χ3n) is 3.27. The Labute approximate surface area is 111 Å². The van der Waals surface area contributed by atoms with Crippen molar-refractivity contribution in [2.24, 2.45) is 0 Å². The highest BCUT2D eigenvalue weighted by Crippen LogP contribution is 2.15. The molecule has 1 heterocycles. The lowest BCUT2D eigenvalue weighted by Crippen LogP contribution is -2.54. The second-order valence-electron chi connectivity index (χ2n) is 6.15. The molecule has 1 aliphatic heterocycles. The maximum atomic E-state index is 11.9. The Bertz CT molecular complexity index is 297. The summed E-state index contributed by atoms with van der Waals surface area (Å²) in [7, 11) is 3.99. The molecule has 4 nitrogen and oxygen atoms in total. The van der Waals surface area contributed by atoms with E-state index in [0.717, 1.165) is 32.7 Å². The zero-order valence-electron chi connectivity index (χ0n) is 12.4. The third-order valence-corrected chi connectivity index (χ3v) is 3.27. The van der Waals surface area contributed by atoms with Crippen LogP contribution in [0.15, 0.2) is 12.2 Å². The van der Waals surface area contributed by atoms with Gasteiger partial charge in [-0.3, -0.25) is 9.69 Å². The minimum atomic E-state index is 0.144. The lowest BCUT2D eigenvalue weighted by atomic mass is 10.0. The summed E-state index contributed by atoms with van der Waals surface area (Å²) in [5.74, 6) is 0.144. The molecule has 0 saturated carbocycles. The Kier molecular flexibility index (Phi) is 5.35. The first-order valence-electron chi connectivity index (χ1n) is 6.66. The molecule has 0 atom stereocenters. The van der Waals surface area contributed by atoms with E-state index in [1.165, 1.54) is 0 Å². The standard InChI is InChI=1S/C14H27N3O/c1-14(2,3)17-11-9-16(10-12-17)13(18)7-6-8-15(4)5/h6-7H,8-12H2,1-5H3. The average Bonchev–Trinajstić information content (AvgIpc) is 2.27. The summed E-state index contributed by atoms with van der Waals surface area (Å²) < 4.78 is 0. The summed E-state index contributed by atoms with van der Waals surface area (Å²) in [4.78, 5) is 18.4. The molecule has 1 aliphatic rings. The number of nitrogens with zero attached hydrogens (tertiary/aromatic N) is 3. The quantitative estimate of drug-likeness (QED) is 0.703. The van der Waals surface area contributed by atoms with Gasteiger partial charge in [0.1, 0.15) is 0 Å². The van der Waals surface area contributed by atoms with Crippen molar-refractivity contribution in [1.29, 1.82) is 0 Å². The van der Waals surface area contributed by atoms with Gasteiger partial charge in [-0.2, -0.15) is 0 Å². The van der Waals surface area contributed by atoms with E-state index in [1.54, 1.807) is 6.08 Å². The number of piperazine rings is 1. The summed E-state index contributed by atoms with van der Waals surface area (Å²) >= 11 is 0. The van der Waals surface area contributed by atoms with Crippen LogP contribution in [-0.4, -0.2) is 73.0 Å². The van der Waals surface area contributed by atoms with Gasteiger partial charge in [0.25, 0.3) is 0 Å². The van der Waals surface area contributed by atoms with E-state index in [9.17, 15) is 4.79 Å². The average molecular weight is 253 g/mol. The minimum absolute atomic E-state index is 0.144. The zero-order valence-corrected chi connectivity index (χ0v) is 12.4. The lowest BCUT2D eigenvalue weighted by Gasteiger charge is -2.42. The van der Waals surface area contributed by atoms with Crippen LogP contribution < -0.4 is 0 Å². The summed E-state index contributed by atoms with van der Waals surface area (Å²) in [6, 6.07) is 0. The summed E-state index contributed by atoms with van der Waals surface area (Å²) in [5.41, 5.74) is 0.204. The first-order chi connectivity index (χ1) is 8.30. The Morgan fingerprint density at radius 2 is 1.72 bits per heavy atom. The molecular formula is C14H27N3O. The predicted molar refractivity (Wildman–Crippen MR) is 75.6 cm³/mol. The number of rotatable bonds is 3. The SMILES string of the molecule is CN(C)CC=CC(=O)N1CCN(C(C)(C)C)CC1. The fourth-order valence-electron chi connectivity index (χ4n) is 2.07. The number of likely N-dealkylation sites (N-methyl/N-ethyl adjacent to an activating group) is 1. The maximum absolute atomic E-state index is 11.9. The molecule has 1 fully saturated rings. The Morgan fingerprint density at radius 1 is 1.17 bits per heavy atom. The molecular weight excluding hydrogens is 226 g/mol. The second-order valence-corrected chi connectivity index (χ2v) is 6.15. The largest absolute Gasteiger partial charge is 0.337 e. The van der Waals surface area contributed by atoms with E-state index in [4.69, 9.17) is 0 Å². The van der Waals surface area contributed by atoms with Crippen molar-refractivity contribution >= 4 is 5.91 Å². The Morgan fingerprint density at radius 3 is 2.17 bits per heavy atom. The minimum Gasteiger partial charge on any atom is -0.337 e. The number of hydrogen-bond donors (Lipinski definition) is 0. The molecule has 4 heteroatoms. The molecule has 0 N–H and O–H groups in total. The topological polar surface area (TPSA) is 26.8 Å². The molecule has 18 heavy (non-hydrogen) atoms. The van der Waals surface area contributed by atoms with Crippen LogP contribution in [0.1, 0.15) is 20.8 Å². The molecule has 104 valence electrons. The third kappa shape index (κ3) is 4.78. The van der Waals surface area contributed by atoms with E-state index >= 15 is 0 Å². The number of amides is 1. The first-order valence-corrected chi connectivity index (χ1v) is 6.66. The van der Waals surface area contributed by atoms with Crippen LogP contribution in [0.5, 0.6) is 0 Å². The molecule has 0 bridgehead atoms. The molecule has 1 amide bonds. The van der Waals surface area contributed by atoms with E-state index in [2.05, 4.69) is 25.7 Å². The summed E-state index contributed by atoms with van der Waals surface area (Å²) in [6.07, 6.45) is 3.63. The van der Waals surface area contributed by atoms with Crippen molar-refractivity contribution in [2.45, 2.75) is 26.3 Å². The van der Waals surface area contributed by atoms with Crippen LogP contribution in [0.2, 0.25) is 0 Å². The van der Waals surface area contributed by atoms with Gasteiger partial charge in [-0.25, -0.2) is 0 Å². The van der Waals surface area contributed by atoms with Crippen molar-refractivity contribution in [3.63, 3.8) is 0 Å². The Balaban J connectivity index is 2.39. The highest BCUT2D eigenvalue weighted by Gasteiger charge is 2.26. The smallest absolute Gasteiger partial charge is 0.246 e. The van der Waals surface area contributed by atoms with Crippen molar-refractivity contribution in [2.75, 3.05) is 46.8 Å². The van der Waals surface area contributed by atoms with Crippen LogP contribution in [0.4, 0.5) is 0 Å². The lowest BCUT2D eigenvalue weighted by molar-refractivity contribution is -0.128. The van der Waals surface area contributed by atoms with Gasteiger partial charge in [-0.1, -0.05) is 6.08 Å². The van der Waals surface area contributed by atoms with Crippen LogP contribution in [0.3, 0.4) is 0 Å². The molecule has 0 aromatic rings. The van der Waals surface area contributed by atoms with Crippen molar-refractivity contribution in [1.82, 2.24) is 14.7 Å². The van der Waals surface area contributed by atoms with E-state index in [0.29, 0.717) is 0 Å². The highest BCUT2D eigenvalue weighted by molar-refractivity contribution is 5.87. The van der Waals surface area contributed by atoms with Crippen LogP contribution in [0, 0.1) is 0 Å². The number of hydrogen-bond acceptors (Lipinski definition) is 3. The first kappa shape index (κ1) is 15.2. The molecule has 0 aromatic carbocycles. The molecule has 0 radical (unpaired) electrons. The van der Waals surface area contributed by atoms with Gasteiger partial charge in [-0.05, 0) is 34.9 Å². The van der Waals surface area contributed by atoms with Crippen LogP contribution >= 0.6 is 0 Å². The van der Waals surface area contributed by atoms with E-state index < -0.39 is 0 Å². The van der Waals surface area contributed by atoms with Gasteiger partial charge in [-0.15, -0.1) is 0 Å². The maximum Gasteiger partial charge on any atom is 0.246 e. The van der Waals surface area contributed by atoms with Crippen LogP contribution in [-0.2, 0) is 4.79 Å². The van der Waals surface area contributed by atoms with Crippen molar-refractivity contribution < 1.29 is 4.79 Å². The summed E-state index contributed by atoms with van der Waals surface area (Å²) in [5, 5.41) is 0. The monoisotopic (exact) mass is 253 g/mol. The second kappa shape index (κ2) is 6.34. The van der Waals surface area contributed by atoms with Crippen molar-refractivity contribution in [3.05, 3.63) is 12.2 Å².